The number of ether oxygens (including phenoxy) is 3. The number of rotatable bonds is 6. The summed E-state index contributed by atoms with van der Waals surface area (Å²) in [5, 5.41) is 10.0. The maximum Gasteiger partial charge on any atom is 0.200 e. The Bertz CT molecular complexity index is 717. The Morgan fingerprint density at radius 2 is 1.42 bits per heavy atom. The van der Waals surface area contributed by atoms with E-state index in [1.807, 2.05) is 30.3 Å². The number of para-hydroxylation sites is 2. The molecular weight excluding hydrogens is 332 g/mol. The van der Waals surface area contributed by atoms with Crippen molar-refractivity contribution in [2.45, 2.75) is 6.54 Å². The van der Waals surface area contributed by atoms with Crippen LogP contribution >= 0.6 is 0 Å². The average Bonchev–Trinajstić information content (AvgIpc) is 2.69. The number of anilines is 1. The van der Waals surface area contributed by atoms with E-state index in [9.17, 15) is 5.11 Å². The Morgan fingerprint density at radius 1 is 0.846 bits per heavy atom. The molecule has 26 heavy (non-hydrogen) atoms. The van der Waals surface area contributed by atoms with Gasteiger partial charge in [0, 0.05) is 32.7 Å². The maximum atomic E-state index is 10.0. The van der Waals surface area contributed by atoms with E-state index < -0.39 is 0 Å². The van der Waals surface area contributed by atoms with Gasteiger partial charge >= 0.3 is 0 Å². The van der Waals surface area contributed by atoms with Crippen LogP contribution in [0.2, 0.25) is 0 Å². The smallest absolute Gasteiger partial charge is 0.200 e. The Morgan fingerprint density at radius 3 is 2.00 bits per heavy atom. The maximum absolute atomic E-state index is 10.0. The van der Waals surface area contributed by atoms with Crippen LogP contribution in [0, 0.1) is 0 Å². The van der Waals surface area contributed by atoms with Crippen LogP contribution in [0.3, 0.4) is 0 Å². The van der Waals surface area contributed by atoms with Crippen molar-refractivity contribution >= 4 is 5.69 Å². The van der Waals surface area contributed by atoms with E-state index in [-0.39, 0.29) is 5.75 Å². The molecule has 140 valence electrons. The summed E-state index contributed by atoms with van der Waals surface area (Å²) in [4.78, 5) is 4.74. The third kappa shape index (κ3) is 3.80. The fraction of sp³-hybridized carbons (Fsp3) is 0.400. The molecule has 0 spiro atoms. The third-order valence-corrected chi connectivity index (χ3v) is 4.74. The van der Waals surface area contributed by atoms with Gasteiger partial charge in [-0.3, -0.25) is 4.90 Å². The summed E-state index contributed by atoms with van der Waals surface area (Å²) < 4.78 is 16.0. The predicted molar refractivity (Wildman–Crippen MR) is 102 cm³/mol. The van der Waals surface area contributed by atoms with Crippen molar-refractivity contribution < 1.29 is 19.3 Å². The molecule has 0 radical (unpaired) electrons. The van der Waals surface area contributed by atoms with Crippen molar-refractivity contribution in [2.24, 2.45) is 0 Å². The van der Waals surface area contributed by atoms with Gasteiger partial charge in [-0.05, 0) is 29.8 Å². The fourth-order valence-electron chi connectivity index (χ4n) is 3.34. The first-order valence-electron chi connectivity index (χ1n) is 8.70. The molecule has 1 aliphatic heterocycles. The van der Waals surface area contributed by atoms with Crippen LogP contribution < -0.4 is 19.1 Å². The zero-order valence-corrected chi connectivity index (χ0v) is 15.6. The van der Waals surface area contributed by atoms with Crippen LogP contribution in [-0.2, 0) is 6.54 Å². The van der Waals surface area contributed by atoms with E-state index in [1.54, 1.807) is 21.3 Å². The second-order valence-electron chi connectivity index (χ2n) is 6.28. The van der Waals surface area contributed by atoms with E-state index in [4.69, 9.17) is 14.2 Å². The van der Waals surface area contributed by atoms with Gasteiger partial charge in [-0.15, -0.1) is 0 Å². The van der Waals surface area contributed by atoms with Crippen LogP contribution in [0.4, 0.5) is 5.69 Å². The SMILES string of the molecule is COc1ccccc1N1CCN(Cc2cc(OC)c(O)c(OC)c2)CC1. The van der Waals surface area contributed by atoms with E-state index in [0.29, 0.717) is 11.5 Å². The number of piperazine rings is 1. The van der Waals surface area contributed by atoms with Gasteiger partial charge in [0.15, 0.2) is 11.5 Å². The highest BCUT2D eigenvalue weighted by Crippen LogP contribution is 2.37. The highest BCUT2D eigenvalue weighted by Gasteiger charge is 2.20. The molecule has 1 fully saturated rings. The summed E-state index contributed by atoms with van der Waals surface area (Å²) >= 11 is 0. The van der Waals surface area contributed by atoms with Gasteiger partial charge in [0.25, 0.3) is 0 Å². The number of methoxy groups -OCH3 is 3. The quantitative estimate of drug-likeness (QED) is 0.857. The second-order valence-corrected chi connectivity index (χ2v) is 6.28. The van der Waals surface area contributed by atoms with Crippen LogP contribution in [0.1, 0.15) is 5.56 Å². The second kappa shape index (κ2) is 8.19. The first-order chi connectivity index (χ1) is 12.7. The normalized spacial score (nSPS) is 15.0. The van der Waals surface area contributed by atoms with Crippen molar-refractivity contribution in [1.82, 2.24) is 4.90 Å². The minimum absolute atomic E-state index is 0.0414. The summed E-state index contributed by atoms with van der Waals surface area (Å²) in [7, 11) is 4.80. The van der Waals surface area contributed by atoms with Crippen molar-refractivity contribution in [3.05, 3.63) is 42.0 Å². The molecule has 6 nitrogen and oxygen atoms in total. The lowest BCUT2D eigenvalue weighted by atomic mass is 10.1. The lowest BCUT2D eigenvalue weighted by molar-refractivity contribution is 0.248. The number of aromatic hydroxyl groups is 1. The van der Waals surface area contributed by atoms with Gasteiger partial charge in [0.1, 0.15) is 5.75 Å². The molecule has 3 rings (SSSR count). The zero-order chi connectivity index (χ0) is 18.5. The largest absolute Gasteiger partial charge is 0.502 e. The molecule has 2 aromatic rings. The Kier molecular flexibility index (Phi) is 5.73. The summed E-state index contributed by atoms with van der Waals surface area (Å²) in [5.74, 6) is 1.83. The standard InChI is InChI=1S/C20H26N2O4/c1-24-17-7-5-4-6-16(17)22-10-8-21(9-11-22)14-15-12-18(25-2)20(23)19(13-15)26-3/h4-7,12-13,23H,8-11,14H2,1-3H3. The molecule has 0 bridgehead atoms. The molecule has 1 aliphatic rings. The lowest BCUT2D eigenvalue weighted by Gasteiger charge is -2.36. The molecule has 2 aromatic carbocycles. The first kappa shape index (κ1) is 18.2. The van der Waals surface area contributed by atoms with Crippen LogP contribution in [0.5, 0.6) is 23.0 Å². The number of phenolic OH excluding ortho intramolecular Hbond substituents is 1. The zero-order valence-electron chi connectivity index (χ0n) is 15.6. The van der Waals surface area contributed by atoms with Crippen LogP contribution in [-0.4, -0.2) is 57.5 Å². The highest BCUT2D eigenvalue weighted by atomic mass is 16.5. The van der Waals surface area contributed by atoms with Gasteiger partial charge in [-0.1, -0.05) is 12.1 Å². The van der Waals surface area contributed by atoms with Crippen molar-refractivity contribution in [3.63, 3.8) is 0 Å². The van der Waals surface area contributed by atoms with Crippen molar-refractivity contribution in [3.8, 4) is 23.0 Å². The minimum atomic E-state index is 0.0414. The average molecular weight is 358 g/mol. The minimum Gasteiger partial charge on any atom is -0.502 e. The molecule has 1 heterocycles. The molecular formula is C20H26N2O4. The van der Waals surface area contributed by atoms with Gasteiger partial charge in [-0.25, -0.2) is 0 Å². The van der Waals surface area contributed by atoms with E-state index in [1.165, 1.54) is 0 Å². The summed E-state index contributed by atoms with van der Waals surface area (Å²) in [6.07, 6.45) is 0. The van der Waals surface area contributed by atoms with Gasteiger partial charge in [-0.2, -0.15) is 0 Å². The predicted octanol–water partition coefficient (Wildman–Crippen LogP) is 2.74. The number of hydrogen-bond acceptors (Lipinski definition) is 6. The number of hydrogen-bond donors (Lipinski definition) is 1. The number of nitrogens with zero attached hydrogens (tertiary/aromatic N) is 2. The molecule has 6 heteroatoms. The van der Waals surface area contributed by atoms with Crippen LogP contribution in [0.25, 0.3) is 0 Å². The lowest BCUT2D eigenvalue weighted by Crippen LogP contribution is -2.46. The molecule has 0 unspecified atom stereocenters. The topological polar surface area (TPSA) is 54.4 Å². The summed E-state index contributed by atoms with van der Waals surface area (Å²) in [6, 6.07) is 11.9. The summed E-state index contributed by atoms with van der Waals surface area (Å²) in [5.41, 5.74) is 2.20. The van der Waals surface area contributed by atoms with E-state index >= 15 is 0 Å². The molecule has 0 atom stereocenters. The molecule has 0 saturated carbocycles. The number of phenols is 1. The van der Waals surface area contributed by atoms with E-state index in [2.05, 4.69) is 15.9 Å². The Hall–Kier alpha value is -2.60. The van der Waals surface area contributed by atoms with Crippen molar-refractivity contribution in [1.29, 1.82) is 0 Å². The van der Waals surface area contributed by atoms with Crippen molar-refractivity contribution in [2.75, 3.05) is 52.4 Å². The first-order valence-corrected chi connectivity index (χ1v) is 8.70. The molecule has 0 aromatic heterocycles. The van der Waals surface area contributed by atoms with E-state index in [0.717, 1.165) is 49.7 Å². The number of benzene rings is 2. The molecule has 0 aliphatic carbocycles. The third-order valence-electron chi connectivity index (χ3n) is 4.74. The Balaban J connectivity index is 1.66. The van der Waals surface area contributed by atoms with Gasteiger partial charge < -0.3 is 24.2 Å². The van der Waals surface area contributed by atoms with Gasteiger partial charge in [0.05, 0.1) is 27.0 Å². The van der Waals surface area contributed by atoms with Gasteiger partial charge in [0.2, 0.25) is 5.75 Å². The molecule has 1 N–H and O–H groups in total. The fourth-order valence-corrected chi connectivity index (χ4v) is 3.34. The Labute approximate surface area is 154 Å². The van der Waals surface area contributed by atoms with Crippen LogP contribution in [0.15, 0.2) is 36.4 Å². The highest BCUT2D eigenvalue weighted by molar-refractivity contribution is 5.58. The molecule has 0 amide bonds. The summed E-state index contributed by atoms with van der Waals surface area (Å²) in [6.45, 7) is 4.55. The molecule has 1 saturated heterocycles. The monoisotopic (exact) mass is 358 g/mol.